The van der Waals surface area contributed by atoms with Crippen LogP contribution in [0, 0.1) is 0 Å². The second kappa shape index (κ2) is 6.31. The van der Waals surface area contributed by atoms with Gasteiger partial charge in [0.15, 0.2) is 0 Å². The smallest absolute Gasteiger partial charge is 0.328 e. The van der Waals surface area contributed by atoms with E-state index in [9.17, 15) is 18.0 Å². The van der Waals surface area contributed by atoms with Crippen molar-refractivity contribution in [2.24, 2.45) is 0 Å². The molecule has 1 fully saturated rings. The molecule has 2 atom stereocenters. The third kappa shape index (κ3) is 5.28. The molecule has 0 radical (unpaired) electrons. The number of esters is 1. The number of nitrogens with one attached hydrogen (secondary N) is 1. The zero-order chi connectivity index (χ0) is 16.4. The lowest BCUT2D eigenvalue weighted by Crippen LogP contribution is -2.50. The molecule has 1 aliphatic heterocycles. The van der Waals surface area contributed by atoms with Crippen LogP contribution in [-0.4, -0.2) is 55.1 Å². The number of hydrogen-bond acceptors (Lipinski definition) is 5. The fraction of sp³-hybridized carbons (Fsp3) is 0.846. The van der Waals surface area contributed by atoms with Crippen LogP contribution in [0.5, 0.6) is 0 Å². The van der Waals surface area contributed by atoms with Gasteiger partial charge in [0.2, 0.25) is 15.9 Å². The number of carbonyl (C=O) groups excluding carboxylic acids is 2. The molecule has 0 saturated carbocycles. The van der Waals surface area contributed by atoms with Crippen molar-refractivity contribution >= 4 is 21.9 Å². The Morgan fingerprint density at radius 2 is 1.90 bits per heavy atom. The quantitative estimate of drug-likeness (QED) is 0.750. The van der Waals surface area contributed by atoms with Gasteiger partial charge in [0, 0.05) is 6.54 Å². The maximum Gasteiger partial charge on any atom is 0.328 e. The van der Waals surface area contributed by atoms with Crippen molar-refractivity contribution < 1.29 is 22.7 Å². The zero-order valence-corrected chi connectivity index (χ0v) is 14.0. The minimum Gasteiger partial charge on any atom is -0.458 e. The molecule has 1 unspecified atom stereocenters. The van der Waals surface area contributed by atoms with Crippen LogP contribution in [0.25, 0.3) is 0 Å². The molecule has 0 aromatic rings. The average Bonchev–Trinajstić information content (AvgIpc) is 2.74. The molecule has 1 saturated heterocycles. The van der Waals surface area contributed by atoms with E-state index in [4.69, 9.17) is 4.74 Å². The third-order valence-corrected chi connectivity index (χ3v) is 4.34. The van der Waals surface area contributed by atoms with E-state index < -0.39 is 39.6 Å². The number of sulfonamides is 1. The first-order valence-electron chi connectivity index (χ1n) is 6.92. The Morgan fingerprint density at radius 1 is 1.33 bits per heavy atom. The minimum atomic E-state index is -3.43. The van der Waals surface area contributed by atoms with Gasteiger partial charge in [-0.15, -0.1) is 0 Å². The van der Waals surface area contributed by atoms with Gasteiger partial charge >= 0.3 is 5.97 Å². The summed E-state index contributed by atoms with van der Waals surface area (Å²) in [6.07, 6.45) is 2.17. The van der Waals surface area contributed by atoms with E-state index in [-0.39, 0.29) is 0 Å². The molecule has 122 valence electrons. The van der Waals surface area contributed by atoms with Gasteiger partial charge in [0.25, 0.3) is 0 Å². The van der Waals surface area contributed by atoms with Crippen LogP contribution in [0.2, 0.25) is 0 Å². The normalized spacial score (nSPS) is 21.9. The molecule has 1 amide bonds. The number of nitrogens with zero attached hydrogens (tertiary/aromatic N) is 1. The van der Waals surface area contributed by atoms with Crippen LogP contribution in [-0.2, 0) is 24.3 Å². The van der Waals surface area contributed by atoms with Gasteiger partial charge in [-0.3, -0.25) is 4.79 Å². The zero-order valence-electron chi connectivity index (χ0n) is 13.2. The average molecular weight is 320 g/mol. The molecule has 1 heterocycles. The van der Waals surface area contributed by atoms with Crippen LogP contribution in [0.15, 0.2) is 0 Å². The Balaban J connectivity index is 2.66. The van der Waals surface area contributed by atoms with Gasteiger partial charge in [0.05, 0.1) is 6.26 Å². The van der Waals surface area contributed by atoms with E-state index in [0.717, 1.165) is 6.26 Å². The van der Waals surface area contributed by atoms with Crippen molar-refractivity contribution in [3.63, 3.8) is 0 Å². The second-order valence-electron chi connectivity index (χ2n) is 6.30. The van der Waals surface area contributed by atoms with Crippen LogP contribution in [0.3, 0.4) is 0 Å². The van der Waals surface area contributed by atoms with Crippen molar-refractivity contribution in [2.75, 3.05) is 12.8 Å². The molecule has 0 aliphatic carbocycles. The van der Waals surface area contributed by atoms with Crippen LogP contribution in [0.1, 0.15) is 40.5 Å². The summed E-state index contributed by atoms with van der Waals surface area (Å²) in [5.41, 5.74) is -0.637. The lowest BCUT2D eigenvalue weighted by Gasteiger charge is -2.25. The van der Waals surface area contributed by atoms with Gasteiger partial charge in [-0.2, -0.15) is 4.31 Å². The summed E-state index contributed by atoms with van der Waals surface area (Å²) in [5, 5.41) is 2.53. The highest BCUT2D eigenvalue weighted by atomic mass is 32.2. The van der Waals surface area contributed by atoms with E-state index in [1.807, 2.05) is 0 Å². The van der Waals surface area contributed by atoms with Crippen molar-refractivity contribution in [2.45, 2.75) is 58.2 Å². The first-order chi connectivity index (χ1) is 9.42. The SMILES string of the molecule is C[C@@H](NC(=O)C1CCCN1S(C)(=O)=O)C(=O)OC(C)(C)C. The Morgan fingerprint density at radius 3 is 2.38 bits per heavy atom. The Kier molecular flexibility index (Phi) is 5.38. The molecule has 1 aliphatic rings. The summed E-state index contributed by atoms with van der Waals surface area (Å²) < 4.78 is 29.6. The summed E-state index contributed by atoms with van der Waals surface area (Å²) >= 11 is 0. The van der Waals surface area contributed by atoms with Crippen LogP contribution >= 0.6 is 0 Å². The summed E-state index contributed by atoms with van der Waals surface area (Å²) in [5.74, 6) is -1.00. The first kappa shape index (κ1) is 17.9. The highest BCUT2D eigenvalue weighted by Crippen LogP contribution is 2.20. The summed E-state index contributed by atoms with van der Waals surface area (Å²) in [6.45, 7) is 7.06. The topological polar surface area (TPSA) is 92.8 Å². The van der Waals surface area contributed by atoms with Gasteiger partial charge < -0.3 is 10.1 Å². The fourth-order valence-electron chi connectivity index (χ4n) is 2.16. The van der Waals surface area contributed by atoms with Crippen LogP contribution < -0.4 is 5.32 Å². The van der Waals surface area contributed by atoms with Crippen molar-refractivity contribution in [1.29, 1.82) is 0 Å². The van der Waals surface area contributed by atoms with Crippen molar-refractivity contribution in [3.8, 4) is 0 Å². The number of carbonyl (C=O) groups is 2. The third-order valence-electron chi connectivity index (χ3n) is 3.05. The maximum absolute atomic E-state index is 12.2. The monoisotopic (exact) mass is 320 g/mol. The van der Waals surface area contributed by atoms with Crippen molar-refractivity contribution in [1.82, 2.24) is 9.62 Å². The molecule has 0 aromatic carbocycles. The maximum atomic E-state index is 12.2. The minimum absolute atomic E-state index is 0.331. The molecular formula is C13H24N2O5S. The predicted molar refractivity (Wildman–Crippen MR) is 78.0 cm³/mol. The van der Waals surface area contributed by atoms with E-state index in [2.05, 4.69) is 5.32 Å². The second-order valence-corrected chi connectivity index (χ2v) is 8.23. The largest absolute Gasteiger partial charge is 0.458 e. The first-order valence-corrected chi connectivity index (χ1v) is 8.77. The Hall–Kier alpha value is -1.15. The molecule has 0 spiro atoms. The van der Waals surface area contributed by atoms with Crippen LogP contribution in [0.4, 0.5) is 0 Å². The lowest BCUT2D eigenvalue weighted by atomic mass is 10.2. The van der Waals surface area contributed by atoms with Gasteiger partial charge in [-0.25, -0.2) is 13.2 Å². The molecule has 1 rings (SSSR count). The van der Waals surface area contributed by atoms with Gasteiger partial charge in [-0.1, -0.05) is 0 Å². The molecule has 0 bridgehead atoms. The summed E-state index contributed by atoms with van der Waals surface area (Å²) in [4.78, 5) is 24.0. The number of hydrogen-bond donors (Lipinski definition) is 1. The molecule has 1 N–H and O–H groups in total. The van der Waals surface area contributed by atoms with E-state index in [1.165, 1.54) is 11.2 Å². The number of ether oxygens (including phenoxy) is 1. The molecule has 0 aromatic heterocycles. The Bertz CT molecular complexity index is 509. The van der Waals surface area contributed by atoms with E-state index in [1.54, 1.807) is 20.8 Å². The summed E-state index contributed by atoms with van der Waals surface area (Å²) in [7, 11) is -3.43. The van der Waals surface area contributed by atoms with Crippen molar-refractivity contribution in [3.05, 3.63) is 0 Å². The molecule has 8 heteroatoms. The number of amides is 1. The predicted octanol–water partition coefficient (Wildman–Crippen LogP) is 0.257. The summed E-state index contributed by atoms with van der Waals surface area (Å²) in [6, 6.07) is -1.57. The van der Waals surface area contributed by atoms with E-state index >= 15 is 0 Å². The molecule has 21 heavy (non-hydrogen) atoms. The van der Waals surface area contributed by atoms with E-state index in [0.29, 0.717) is 19.4 Å². The van der Waals surface area contributed by atoms with Gasteiger partial charge in [0.1, 0.15) is 17.7 Å². The highest BCUT2D eigenvalue weighted by Gasteiger charge is 2.37. The van der Waals surface area contributed by atoms with Gasteiger partial charge in [-0.05, 0) is 40.5 Å². The fourth-order valence-corrected chi connectivity index (χ4v) is 3.28. The molecule has 7 nitrogen and oxygen atoms in total. The number of rotatable bonds is 4. The molecular weight excluding hydrogens is 296 g/mol. The standard InChI is InChI=1S/C13H24N2O5S/c1-9(12(17)20-13(2,3)4)14-11(16)10-7-6-8-15(10)21(5,18)19/h9-10H,6-8H2,1-5H3,(H,14,16)/t9-,10?/m1/s1. The lowest BCUT2D eigenvalue weighted by molar-refractivity contribution is -0.158. The Labute approximate surface area is 126 Å². The highest BCUT2D eigenvalue weighted by molar-refractivity contribution is 7.88.